The van der Waals surface area contributed by atoms with E-state index in [1.165, 1.54) is 76.1 Å². The molecule has 1 N–H and O–H groups in total. The van der Waals surface area contributed by atoms with E-state index in [0.717, 1.165) is 4.31 Å². The molecular formula is C24H24N4O8S. The van der Waals surface area contributed by atoms with Gasteiger partial charge in [-0.25, -0.2) is 13.8 Å². The van der Waals surface area contributed by atoms with E-state index < -0.39 is 27.4 Å². The summed E-state index contributed by atoms with van der Waals surface area (Å²) in [5.41, 5.74) is 2.69. The molecule has 0 unspecified atom stereocenters. The fourth-order valence-corrected chi connectivity index (χ4v) is 4.67. The molecule has 37 heavy (non-hydrogen) atoms. The maximum absolute atomic E-state index is 13.6. The molecule has 0 spiro atoms. The zero-order valence-corrected chi connectivity index (χ0v) is 21.0. The van der Waals surface area contributed by atoms with E-state index in [4.69, 9.17) is 14.2 Å². The normalized spacial score (nSPS) is 11.1. The number of nitrogens with zero attached hydrogens (tertiary/aromatic N) is 3. The number of sulfonamides is 1. The van der Waals surface area contributed by atoms with Gasteiger partial charge in [0.15, 0.2) is 11.5 Å². The maximum atomic E-state index is 13.6. The lowest BCUT2D eigenvalue weighted by molar-refractivity contribution is -0.384. The van der Waals surface area contributed by atoms with Crippen LogP contribution in [0.25, 0.3) is 0 Å². The van der Waals surface area contributed by atoms with Crippen LogP contribution in [0.3, 0.4) is 0 Å². The summed E-state index contributed by atoms with van der Waals surface area (Å²) >= 11 is 0. The molecule has 0 atom stereocenters. The van der Waals surface area contributed by atoms with Crippen molar-refractivity contribution in [3.05, 3.63) is 82.4 Å². The van der Waals surface area contributed by atoms with Gasteiger partial charge in [0.05, 0.1) is 43.1 Å². The number of rotatable bonds is 11. The molecule has 3 aromatic rings. The second-order valence-electron chi connectivity index (χ2n) is 7.37. The van der Waals surface area contributed by atoms with Gasteiger partial charge in [-0.05, 0) is 36.4 Å². The molecule has 194 valence electrons. The van der Waals surface area contributed by atoms with E-state index in [1.807, 2.05) is 0 Å². The Labute approximate surface area is 213 Å². The van der Waals surface area contributed by atoms with Crippen molar-refractivity contribution in [2.75, 3.05) is 32.2 Å². The highest BCUT2D eigenvalue weighted by atomic mass is 32.2. The van der Waals surface area contributed by atoms with Gasteiger partial charge in [0.25, 0.3) is 21.6 Å². The molecule has 0 aliphatic heterocycles. The predicted molar refractivity (Wildman–Crippen MR) is 136 cm³/mol. The SMILES string of the molecule is COc1ccc(N(CC(=O)N/N=C\c2cccc([N+](=O)[O-])c2)S(=O)(=O)c2ccc(OC)c(OC)c2)cc1. The standard InChI is InChI=1S/C24H24N4O8S/c1-34-20-9-7-18(8-10-20)27(37(32,33)21-11-12-22(35-2)23(14-21)36-3)16-24(29)26-25-15-17-5-4-6-19(13-17)28(30)31/h4-15H,16H2,1-3H3,(H,26,29)/b25-15-. The summed E-state index contributed by atoms with van der Waals surface area (Å²) in [6.45, 7) is -0.616. The number of methoxy groups -OCH3 is 3. The minimum absolute atomic E-state index is 0.131. The molecule has 0 saturated heterocycles. The Balaban J connectivity index is 1.89. The minimum atomic E-state index is -4.25. The number of nitrogens with one attached hydrogen (secondary N) is 1. The first-order chi connectivity index (χ1) is 17.7. The molecule has 3 rings (SSSR count). The summed E-state index contributed by atoms with van der Waals surface area (Å²) < 4.78 is 43.6. The number of carbonyl (C=O) groups is 1. The number of carbonyl (C=O) groups excluding carboxylic acids is 1. The van der Waals surface area contributed by atoms with Gasteiger partial charge in [0.1, 0.15) is 12.3 Å². The third-order valence-corrected chi connectivity index (χ3v) is 6.84. The summed E-state index contributed by atoms with van der Waals surface area (Å²) in [7, 11) is 0.0249. The molecule has 0 heterocycles. The highest BCUT2D eigenvalue weighted by Crippen LogP contribution is 2.32. The molecular weight excluding hydrogens is 504 g/mol. The number of hydrazone groups is 1. The van der Waals surface area contributed by atoms with E-state index in [2.05, 4.69) is 10.5 Å². The van der Waals surface area contributed by atoms with Crippen molar-refractivity contribution in [1.82, 2.24) is 5.43 Å². The van der Waals surface area contributed by atoms with Crippen LogP contribution in [0, 0.1) is 10.1 Å². The first-order valence-corrected chi connectivity index (χ1v) is 12.1. The lowest BCUT2D eigenvalue weighted by Gasteiger charge is -2.24. The molecule has 0 bridgehead atoms. The van der Waals surface area contributed by atoms with Crippen LogP contribution >= 0.6 is 0 Å². The van der Waals surface area contributed by atoms with Crippen LogP contribution in [-0.4, -0.2) is 53.3 Å². The molecule has 3 aromatic carbocycles. The Bertz CT molecular complexity index is 1410. The molecule has 13 heteroatoms. The fraction of sp³-hybridized carbons (Fsp3) is 0.167. The van der Waals surface area contributed by atoms with Gasteiger partial charge in [-0.2, -0.15) is 5.10 Å². The number of amides is 1. The molecule has 1 amide bonds. The van der Waals surface area contributed by atoms with Crippen LogP contribution in [0.4, 0.5) is 11.4 Å². The predicted octanol–water partition coefficient (Wildman–Crippen LogP) is 2.97. The minimum Gasteiger partial charge on any atom is -0.497 e. The summed E-state index contributed by atoms with van der Waals surface area (Å²) in [4.78, 5) is 22.9. The van der Waals surface area contributed by atoms with Gasteiger partial charge in [0, 0.05) is 23.8 Å². The highest BCUT2D eigenvalue weighted by Gasteiger charge is 2.28. The quantitative estimate of drug-likeness (QED) is 0.227. The number of hydrogen-bond acceptors (Lipinski definition) is 9. The van der Waals surface area contributed by atoms with E-state index in [-0.39, 0.29) is 22.0 Å². The van der Waals surface area contributed by atoms with Crippen LogP contribution in [0.5, 0.6) is 17.2 Å². The number of nitro benzene ring substituents is 1. The molecule has 0 radical (unpaired) electrons. The first-order valence-electron chi connectivity index (χ1n) is 10.6. The van der Waals surface area contributed by atoms with Crippen molar-refractivity contribution in [2.45, 2.75) is 4.90 Å². The van der Waals surface area contributed by atoms with Crippen molar-refractivity contribution >= 4 is 33.5 Å². The number of non-ortho nitro benzene ring substituents is 1. The van der Waals surface area contributed by atoms with Crippen molar-refractivity contribution in [2.24, 2.45) is 5.10 Å². The zero-order chi connectivity index (χ0) is 27.0. The van der Waals surface area contributed by atoms with Crippen molar-refractivity contribution in [3.8, 4) is 17.2 Å². The molecule has 0 aliphatic rings. The van der Waals surface area contributed by atoms with Gasteiger partial charge in [-0.1, -0.05) is 12.1 Å². The number of ether oxygens (including phenoxy) is 3. The van der Waals surface area contributed by atoms with Gasteiger partial charge in [-0.3, -0.25) is 19.2 Å². The van der Waals surface area contributed by atoms with Crippen LogP contribution in [0.2, 0.25) is 0 Å². The number of nitro groups is 1. The molecule has 0 saturated carbocycles. The van der Waals surface area contributed by atoms with Crippen LogP contribution < -0.4 is 23.9 Å². The molecule has 12 nitrogen and oxygen atoms in total. The average molecular weight is 529 g/mol. The second kappa shape index (κ2) is 11.9. The smallest absolute Gasteiger partial charge is 0.270 e. The first kappa shape index (κ1) is 26.9. The Morgan fingerprint density at radius 2 is 1.70 bits per heavy atom. The van der Waals surface area contributed by atoms with E-state index in [0.29, 0.717) is 17.1 Å². The van der Waals surface area contributed by atoms with E-state index in [9.17, 15) is 23.3 Å². The third kappa shape index (κ3) is 6.52. The van der Waals surface area contributed by atoms with Gasteiger partial charge < -0.3 is 14.2 Å². The van der Waals surface area contributed by atoms with Crippen molar-refractivity contribution < 1.29 is 32.3 Å². The summed E-state index contributed by atoms with van der Waals surface area (Å²) in [5.74, 6) is 0.287. The average Bonchev–Trinajstić information content (AvgIpc) is 2.91. The summed E-state index contributed by atoms with van der Waals surface area (Å²) in [5, 5.41) is 14.7. The Morgan fingerprint density at radius 3 is 2.32 bits per heavy atom. The molecule has 0 aromatic heterocycles. The van der Waals surface area contributed by atoms with E-state index >= 15 is 0 Å². The Hall–Kier alpha value is -4.65. The fourth-order valence-electron chi connectivity index (χ4n) is 3.23. The van der Waals surface area contributed by atoms with Crippen molar-refractivity contribution in [1.29, 1.82) is 0 Å². The number of benzene rings is 3. The van der Waals surface area contributed by atoms with Gasteiger partial charge >= 0.3 is 0 Å². The Morgan fingerprint density at radius 1 is 1.00 bits per heavy atom. The monoisotopic (exact) mass is 528 g/mol. The topological polar surface area (TPSA) is 150 Å². The molecule has 0 aliphatic carbocycles. The Kier molecular flexibility index (Phi) is 8.64. The summed E-state index contributed by atoms with van der Waals surface area (Å²) in [6.07, 6.45) is 1.21. The third-order valence-electron chi connectivity index (χ3n) is 5.07. The van der Waals surface area contributed by atoms with Crippen molar-refractivity contribution in [3.63, 3.8) is 0 Å². The lowest BCUT2D eigenvalue weighted by atomic mass is 10.2. The van der Waals surface area contributed by atoms with E-state index in [1.54, 1.807) is 18.2 Å². The van der Waals surface area contributed by atoms with Crippen LogP contribution in [-0.2, 0) is 14.8 Å². The second-order valence-corrected chi connectivity index (χ2v) is 9.23. The van der Waals surface area contributed by atoms with Crippen LogP contribution in [0.15, 0.2) is 76.7 Å². The van der Waals surface area contributed by atoms with Gasteiger partial charge in [0.2, 0.25) is 0 Å². The number of anilines is 1. The molecule has 0 fully saturated rings. The lowest BCUT2D eigenvalue weighted by Crippen LogP contribution is -2.39. The largest absolute Gasteiger partial charge is 0.497 e. The van der Waals surface area contributed by atoms with Crippen LogP contribution in [0.1, 0.15) is 5.56 Å². The maximum Gasteiger partial charge on any atom is 0.270 e. The van der Waals surface area contributed by atoms with Gasteiger partial charge in [-0.15, -0.1) is 0 Å². The summed E-state index contributed by atoms with van der Waals surface area (Å²) in [6, 6.07) is 15.8. The zero-order valence-electron chi connectivity index (χ0n) is 20.2. The number of hydrogen-bond donors (Lipinski definition) is 1. The highest BCUT2D eigenvalue weighted by molar-refractivity contribution is 7.92.